The SMILES string of the molecule is CC1(C)CC[C@]2(C(=O)O[C@@H]3O[C@H](CO)[C@@H](O)[C@H](O)[C@H]3O)CC[C@]3(C)C(=CC[C@@H]4[C@@]5(C)CC[C@H](O[C@@H]6O[C@H](CO)[C@H](O)[C@H](O)[C@H]6O)C(C)(C)[C@@H]5CC[C@]43C)[C@@H]2C1. The third-order valence-electron chi connectivity index (χ3n) is 17.2. The van der Waals surface area contributed by atoms with Gasteiger partial charge in [-0.2, -0.15) is 0 Å². The van der Waals surface area contributed by atoms with Gasteiger partial charge in [0.25, 0.3) is 0 Å². The van der Waals surface area contributed by atoms with Crippen molar-refractivity contribution in [2.45, 2.75) is 180 Å². The molecule has 4 saturated carbocycles. The topological polar surface area (TPSA) is 216 Å². The van der Waals surface area contributed by atoms with Crippen LogP contribution in [0.2, 0.25) is 0 Å². The Morgan fingerprint density at radius 3 is 1.91 bits per heavy atom. The molecular weight excluding hydrogens is 712 g/mol. The van der Waals surface area contributed by atoms with Gasteiger partial charge in [-0.3, -0.25) is 4.79 Å². The number of fused-ring (bicyclic) bond motifs is 7. The summed E-state index contributed by atoms with van der Waals surface area (Å²) in [6, 6.07) is 0. The molecule has 0 spiro atoms. The zero-order valence-electron chi connectivity index (χ0n) is 33.8. The van der Waals surface area contributed by atoms with Gasteiger partial charge in [0.2, 0.25) is 6.29 Å². The van der Waals surface area contributed by atoms with Gasteiger partial charge in [0, 0.05) is 0 Å². The van der Waals surface area contributed by atoms with Gasteiger partial charge in [-0.1, -0.05) is 60.1 Å². The summed E-state index contributed by atoms with van der Waals surface area (Å²) in [7, 11) is 0. The summed E-state index contributed by atoms with van der Waals surface area (Å²) in [6.07, 6.45) is -3.82. The van der Waals surface area contributed by atoms with Gasteiger partial charge in [-0.15, -0.1) is 0 Å². The van der Waals surface area contributed by atoms with Crippen LogP contribution in [-0.2, 0) is 23.7 Å². The molecule has 5 aliphatic carbocycles. The number of hydrogen-bond acceptors (Lipinski definition) is 13. The maximum atomic E-state index is 14.6. The molecule has 0 unspecified atom stereocenters. The van der Waals surface area contributed by atoms with Crippen LogP contribution in [-0.4, -0.2) is 128 Å². The number of rotatable bonds is 6. The molecule has 0 aromatic carbocycles. The van der Waals surface area contributed by atoms with E-state index >= 15 is 0 Å². The molecule has 6 fully saturated rings. The highest BCUT2D eigenvalue weighted by molar-refractivity contribution is 5.79. The Morgan fingerprint density at radius 1 is 0.709 bits per heavy atom. The highest BCUT2D eigenvalue weighted by atomic mass is 16.7. The second-order valence-electron chi connectivity index (χ2n) is 20.7. The van der Waals surface area contributed by atoms with Crippen LogP contribution in [0.1, 0.15) is 113 Å². The Hall–Kier alpha value is -1.23. The van der Waals surface area contributed by atoms with Crippen molar-refractivity contribution in [2.24, 2.45) is 50.2 Å². The minimum absolute atomic E-state index is 0.0125. The predicted octanol–water partition coefficient (Wildman–Crippen LogP) is 2.32. The van der Waals surface area contributed by atoms with Gasteiger partial charge in [0.15, 0.2) is 6.29 Å². The van der Waals surface area contributed by atoms with Crippen molar-refractivity contribution in [1.82, 2.24) is 0 Å². The van der Waals surface area contributed by atoms with Gasteiger partial charge < -0.3 is 59.8 Å². The first-order chi connectivity index (χ1) is 25.6. The van der Waals surface area contributed by atoms with Crippen molar-refractivity contribution in [3.63, 3.8) is 0 Å². The highest BCUT2D eigenvalue weighted by Gasteiger charge is 2.70. The number of carbonyl (C=O) groups is 1. The summed E-state index contributed by atoms with van der Waals surface area (Å²) >= 11 is 0. The zero-order chi connectivity index (χ0) is 40.3. The molecule has 0 radical (unpaired) electrons. The van der Waals surface area contributed by atoms with E-state index in [-0.39, 0.29) is 45.0 Å². The summed E-state index contributed by atoms with van der Waals surface area (Å²) < 4.78 is 23.9. The number of ether oxygens (including phenoxy) is 4. The lowest BCUT2D eigenvalue weighted by Crippen LogP contribution is -2.66. The monoisotopic (exact) mass is 780 g/mol. The molecule has 18 atom stereocenters. The van der Waals surface area contributed by atoms with E-state index in [9.17, 15) is 45.6 Å². The average Bonchev–Trinajstić information content (AvgIpc) is 3.13. The van der Waals surface area contributed by atoms with Gasteiger partial charge in [0.05, 0.1) is 24.7 Å². The van der Waals surface area contributed by atoms with E-state index in [1.165, 1.54) is 5.57 Å². The molecule has 55 heavy (non-hydrogen) atoms. The molecular formula is C42H68O13. The minimum Gasteiger partial charge on any atom is -0.432 e. The van der Waals surface area contributed by atoms with E-state index in [1.54, 1.807) is 0 Å². The van der Waals surface area contributed by atoms with Gasteiger partial charge in [0.1, 0.15) is 48.8 Å². The van der Waals surface area contributed by atoms with Crippen molar-refractivity contribution >= 4 is 5.97 Å². The predicted molar refractivity (Wildman–Crippen MR) is 198 cm³/mol. The summed E-state index contributed by atoms with van der Waals surface area (Å²) in [5.74, 6) is 0.0905. The molecule has 8 N–H and O–H groups in total. The Labute approximate surface area is 325 Å². The highest BCUT2D eigenvalue weighted by Crippen LogP contribution is 2.76. The molecule has 13 heteroatoms. The number of carbonyl (C=O) groups excluding carboxylic acids is 1. The third kappa shape index (κ3) is 6.23. The van der Waals surface area contributed by atoms with Crippen molar-refractivity contribution in [3.8, 4) is 0 Å². The lowest BCUT2D eigenvalue weighted by molar-refractivity contribution is -0.330. The smallest absolute Gasteiger partial charge is 0.315 e. The molecule has 7 aliphatic rings. The van der Waals surface area contributed by atoms with Crippen molar-refractivity contribution in [2.75, 3.05) is 13.2 Å². The summed E-state index contributed by atoms with van der Waals surface area (Å²) in [6.45, 7) is 15.2. The number of hydrogen-bond donors (Lipinski definition) is 8. The molecule has 0 bridgehead atoms. The van der Waals surface area contributed by atoms with E-state index in [0.29, 0.717) is 18.8 Å². The van der Waals surface area contributed by atoms with Crippen LogP contribution in [0.15, 0.2) is 11.6 Å². The first kappa shape index (κ1) is 41.9. The third-order valence-corrected chi connectivity index (χ3v) is 17.2. The van der Waals surface area contributed by atoms with Crippen LogP contribution in [0, 0.1) is 50.2 Å². The molecule has 13 nitrogen and oxygen atoms in total. The van der Waals surface area contributed by atoms with Crippen LogP contribution in [0.3, 0.4) is 0 Å². The van der Waals surface area contributed by atoms with Gasteiger partial charge in [-0.05, 0) is 109 Å². The second-order valence-corrected chi connectivity index (χ2v) is 20.7. The van der Waals surface area contributed by atoms with Crippen LogP contribution >= 0.6 is 0 Å². The maximum Gasteiger partial charge on any atom is 0.315 e. The Kier molecular flexibility index (Phi) is 10.8. The van der Waals surface area contributed by atoms with Crippen LogP contribution in [0.4, 0.5) is 0 Å². The molecule has 7 rings (SSSR count). The first-order valence-corrected chi connectivity index (χ1v) is 20.8. The molecule has 0 aromatic rings. The quantitative estimate of drug-likeness (QED) is 0.111. The van der Waals surface area contributed by atoms with Crippen molar-refractivity contribution in [1.29, 1.82) is 0 Å². The zero-order valence-corrected chi connectivity index (χ0v) is 33.8. The molecule has 314 valence electrons. The molecule has 0 aromatic heterocycles. The normalized spacial score (nSPS) is 53.1. The fourth-order valence-electron chi connectivity index (χ4n) is 13.6. The minimum atomic E-state index is -1.66. The first-order valence-electron chi connectivity index (χ1n) is 20.8. The van der Waals surface area contributed by atoms with Gasteiger partial charge in [-0.25, -0.2) is 0 Å². The lowest BCUT2D eigenvalue weighted by Gasteiger charge is -2.71. The molecule has 2 heterocycles. The average molecular weight is 781 g/mol. The maximum absolute atomic E-state index is 14.6. The van der Waals surface area contributed by atoms with E-state index in [4.69, 9.17) is 18.9 Å². The number of aliphatic hydroxyl groups is 8. The Bertz CT molecular complexity index is 1480. The molecule has 2 saturated heterocycles. The van der Waals surface area contributed by atoms with E-state index in [1.807, 2.05) is 0 Å². The number of allylic oxidation sites excluding steroid dienone is 2. The fraction of sp³-hybridized carbons (Fsp3) is 0.929. The van der Waals surface area contributed by atoms with Crippen LogP contribution < -0.4 is 0 Å². The summed E-state index contributed by atoms with van der Waals surface area (Å²) in [5.41, 5.74) is -0.147. The number of esters is 1. The Balaban J connectivity index is 1.16. The van der Waals surface area contributed by atoms with Crippen molar-refractivity contribution in [3.05, 3.63) is 11.6 Å². The van der Waals surface area contributed by atoms with Crippen LogP contribution in [0.25, 0.3) is 0 Å². The molecule has 0 amide bonds. The fourth-order valence-corrected chi connectivity index (χ4v) is 13.6. The van der Waals surface area contributed by atoms with E-state index < -0.39 is 86.0 Å². The summed E-state index contributed by atoms with van der Waals surface area (Å²) in [5, 5.41) is 82.7. The number of aliphatic hydroxyl groups excluding tert-OH is 8. The second kappa shape index (κ2) is 14.2. The standard InChI is InChI=1S/C42H68O13/c1-37(2)14-16-42(36(51)55-35-33(50)31(48)29(46)24(20-44)53-35)17-15-40(6)21(22(42)18-37)8-9-26-39(5)12-11-27(38(3,4)25(39)10-13-41(26,40)7)54-34-32(49)30(47)28(45)23(19-43)52-34/h8,22-35,43-50H,9-20H2,1-7H3/t22-,23+,24+,25-,26+,27-,28-,29+,30-,31-,32+,33+,34-,35-,39-,40+,41+,42-/m0/s1. The summed E-state index contributed by atoms with van der Waals surface area (Å²) in [4.78, 5) is 14.6. The van der Waals surface area contributed by atoms with E-state index in [0.717, 1.165) is 51.4 Å². The lowest BCUT2D eigenvalue weighted by atomic mass is 9.33. The van der Waals surface area contributed by atoms with Gasteiger partial charge >= 0.3 is 5.97 Å². The molecule has 2 aliphatic heterocycles. The van der Waals surface area contributed by atoms with Crippen molar-refractivity contribution < 1.29 is 64.6 Å². The Morgan fingerprint density at radius 2 is 1.29 bits per heavy atom. The largest absolute Gasteiger partial charge is 0.432 e. The van der Waals surface area contributed by atoms with E-state index in [2.05, 4.69) is 54.5 Å². The van der Waals surface area contributed by atoms with Crippen LogP contribution in [0.5, 0.6) is 0 Å².